The topological polar surface area (TPSA) is 52.0 Å². The van der Waals surface area contributed by atoms with Crippen molar-refractivity contribution in [2.75, 3.05) is 11.5 Å². The highest BCUT2D eigenvalue weighted by Crippen LogP contribution is 2.44. The van der Waals surface area contributed by atoms with E-state index in [1.165, 1.54) is 39.0 Å². The van der Waals surface area contributed by atoms with E-state index in [1.807, 2.05) is 18.2 Å². The molecule has 3 aromatic carbocycles. The van der Waals surface area contributed by atoms with Crippen molar-refractivity contribution in [1.82, 2.24) is 0 Å². The Morgan fingerprint density at radius 1 is 0.815 bits per heavy atom. The molecule has 1 atom stereocenters. The van der Waals surface area contributed by atoms with E-state index in [9.17, 15) is 0 Å². The Bertz CT molecular complexity index is 1010. The first-order chi connectivity index (χ1) is 13.0. The van der Waals surface area contributed by atoms with Gasteiger partial charge in [0.2, 0.25) is 0 Å². The third-order valence-corrected chi connectivity index (χ3v) is 5.58. The lowest BCUT2D eigenvalue weighted by Crippen LogP contribution is -2.00. The molecule has 4 N–H and O–H groups in total. The predicted molar refractivity (Wildman–Crippen MR) is 116 cm³/mol. The van der Waals surface area contributed by atoms with Crippen molar-refractivity contribution >= 4 is 22.5 Å². The molecule has 1 unspecified atom stereocenters. The molecule has 1 aliphatic rings. The number of fused-ring (bicyclic) bond motifs is 1. The second-order valence-electron chi connectivity index (χ2n) is 7.63. The van der Waals surface area contributed by atoms with E-state index < -0.39 is 0 Å². The van der Waals surface area contributed by atoms with Crippen LogP contribution in [0, 0.1) is 6.92 Å². The molecule has 0 amide bonds. The Kier molecular flexibility index (Phi) is 4.49. The number of allylic oxidation sites excluding steroid dienone is 1. The molecular formula is C25H26N2. The quantitative estimate of drug-likeness (QED) is 0.553. The van der Waals surface area contributed by atoms with Gasteiger partial charge < -0.3 is 11.5 Å². The van der Waals surface area contributed by atoms with Crippen LogP contribution in [0.2, 0.25) is 0 Å². The Labute approximate surface area is 161 Å². The lowest BCUT2D eigenvalue weighted by atomic mass is 9.86. The van der Waals surface area contributed by atoms with Crippen LogP contribution in [0.25, 0.3) is 11.1 Å². The van der Waals surface area contributed by atoms with Crippen LogP contribution in [0.3, 0.4) is 0 Å². The molecule has 0 fully saturated rings. The highest BCUT2D eigenvalue weighted by atomic mass is 14.5. The van der Waals surface area contributed by atoms with Crippen molar-refractivity contribution in [2.24, 2.45) is 0 Å². The van der Waals surface area contributed by atoms with Crippen molar-refractivity contribution in [3.05, 3.63) is 94.5 Å². The van der Waals surface area contributed by atoms with Gasteiger partial charge in [0.05, 0.1) is 0 Å². The lowest BCUT2D eigenvalue weighted by Gasteiger charge is -2.18. The molecule has 3 aromatic rings. The molecule has 0 aliphatic heterocycles. The van der Waals surface area contributed by atoms with Crippen molar-refractivity contribution in [3.63, 3.8) is 0 Å². The van der Waals surface area contributed by atoms with Gasteiger partial charge in [-0.05, 0) is 83.3 Å². The van der Waals surface area contributed by atoms with Gasteiger partial charge in [-0.2, -0.15) is 0 Å². The molecule has 0 saturated heterocycles. The van der Waals surface area contributed by atoms with E-state index >= 15 is 0 Å². The SMILES string of the molecule is Cc1ccc(C2=C(c3cccc(N)c3)CCC(C)c3ccc(N)cc32)cc1. The summed E-state index contributed by atoms with van der Waals surface area (Å²) in [4.78, 5) is 0. The third kappa shape index (κ3) is 3.35. The first-order valence-electron chi connectivity index (χ1n) is 9.59. The average Bonchev–Trinajstić information content (AvgIpc) is 2.79. The molecule has 0 radical (unpaired) electrons. The molecule has 2 heteroatoms. The van der Waals surface area contributed by atoms with Gasteiger partial charge in [-0.3, -0.25) is 0 Å². The zero-order valence-corrected chi connectivity index (χ0v) is 16.0. The summed E-state index contributed by atoms with van der Waals surface area (Å²) in [5.74, 6) is 0.486. The van der Waals surface area contributed by atoms with E-state index in [4.69, 9.17) is 11.5 Å². The van der Waals surface area contributed by atoms with E-state index in [-0.39, 0.29) is 0 Å². The summed E-state index contributed by atoms with van der Waals surface area (Å²) in [5.41, 5.74) is 22.9. The molecule has 2 nitrogen and oxygen atoms in total. The van der Waals surface area contributed by atoms with Crippen LogP contribution in [0.15, 0.2) is 66.7 Å². The molecule has 1 aliphatic carbocycles. The summed E-state index contributed by atoms with van der Waals surface area (Å²) in [7, 11) is 0. The number of aryl methyl sites for hydroxylation is 1. The maximum Gasteiger partial charge on any atom is 0.0320 e. The fraction of sp³-hybridized carbons (Fsp3) is 0.200. The standard InChI is InChI=1S/C25H26N2/c1-16-6-9-18(10-7-16)25-23(19-4-3-5-20(26)14-19)12-8-17(2)22-13-11-21(27)15-24(22)25/h3-7,9-11,13-15,17H,8,12,26-27H2,1-2H3. The first-order valence-corrected chi connectivity index (χ1v) is 9.59. The second-order valence-corrected chi connectivity index (χ2v) is 7.63. The Morgan fingerprint density at radius 3 is 2.30 bits per heavy atom. The molecule has 136 valence electrons. The Hall–Kier alpha value is -3.00. The smallest absolute Gasteiger partial charge is 0.0320 e. The summed E-state index contributed by atoms with van der Waals surface area (Å²) in [6.45, 7) is 4.43. The molecule has 27 heavy (non-hydrogen) atoms. The zero-order chi connectivity index (χ0) is 19.0. The monoisotopic (exact) mass is 354 g/mol. The van der Waals surface area contributed by atoms with Gasteiger partial charge in [-0.15, -0.1) is 0 Å². The number of nitrogen functional groups attached to an aromatic ring is 2. The maximum atomic E-state index is 6.21. The zero-order valence-electron chi connectivity index (χ0n) is 16.0. The van der Waals surface area contributed by atoms with Gasteiger partial charge in [0.25, 0.3) is 0 Å². The number of benzene rings is 3. The van der Waals surface area contributed by atoms with Gasteiger partial charge >= 0.3 is 0 Å². The van der Waals surface area contributed by atoms with Crippen LogP contribution < -0.4 is 11.5 Å². The van der Waals surface area contributed by atoms with Crippen LogP contribution in [0.4, 0.5) is 11.4 Å². The van der Waals surface area contributed by atoms with Crippen LogP contribution >= 0.6 is 0 Å². The lowest BCUT2D eigenvalue weighted by molar-refractivity contribution is 0.701. The van der Waals surface area contributed by atoms with Crippen LogP contribution in [-0.4, -0.2) is 0 Å². The largest absolute Gasteiger partial charge is 0.399 e. The number of hydrogen-bond donors (Lipinski definition) is 2. The number of rotatable bonds is 2. The van der Waals surface area contributed by atoms with Gasteiger partial charge in [0, 0.05) is 11.4 Å². The van der Waals surface area contributed by atoms with E-state index in [2.05, 4.69) is 62.4 Å². The molecule has 0 saturated carbocycles. The van der Waals surface area contributed by atoms with Gasteiger partial charge in [-0.1, -0.05) is 55.0 Å². The average molecular weight is 354 g/mol. The van der Waals surface area contributed by atoms with E-state index in [0.29, 0.717) is 5.92 Å². The number of nitrogens with two attached hydrogens (primary N) is 2. The summed E-state index contributed by atoms with van der Waals surface area (Å²) in [6.07, 6.45) is 2.12. The molecule has 0 spiro atoms. The molecular weight excluding hydrogens is 328 g/mol. The molecule has 4 rings (SSSR count). The summed E-state index contributed by atoms with van der Waals surface area (Å²) in [5, 5.41) is 0. The Morgan fingerprint density at radius 2 is 1.56 bits per heavy atom. The van der Waals surface area contributed by atoms with E-state index in [0.717, 1.165) is 24.2 Å². The summed E-state index contributed by atoms with van der Waals surface area (Å²) in [6, 6.07) is 23.4. The first kappa shape index (κ1) is 17.4. The molecule has 0 heterocycles. The van der Waals surface area contributed by atoms with Crippen molar-refractivity contribution < 1.29 is 0 Å². The highest BCUT2D eigenvalue weighted by Gasteiger charge is 2.23. The third-order valence-electron chi connectivity index (χ3n) is 5.58. The Balaban J connectivity index is 2.05. The minimum Gasteiger partial charge on any atom is -0.399 e. The van der Waals surface area contributed by atoms with Gasteiger partial charge in [-0.25, -0.2) is 0 Å². The minimum absolute atomic E-state index is 0.486. The second kappa shape index (κ2) is 6.96. The summed E-state index contributed by atoms with van der Waals surface area (Å²) >= 11 is 0. The predicted octanol–water partition coefficient (Wildman–Crippen LogP) is 6.02. The minimum atomic E-state index is 0.486. The van der Waals surface area contributed by atoms with Crippen molar-refractivity contribution in [1.29, 1.82) is 0 Å². The van der Waals surface area contributed by atoms with Gasteiger partial charge in [0.15, 0.2) is 0 Å². The fourth-order valence-corrected chi connectivity index (χ4v) is 4.09. The van der Waals surface area contributed by atoms with Crippen molar-refractivity contribution in [2.45, 2.75) is 32.6 Å². The van der Waals surface area contributed by atoms with Crippen LogP contribution in [0.1, 0.15) is 53.5 Å². The van der Waals surface area contributed by atoms with Gasteiger partial charge in [0.1, 0.15) is 0 Å². The van der Waals surface area contributed by atoms with Crippen LogP contribution in [-0.2, 0) is 0 Å². The maximum absolute atomic E-state index is 6.21. The normalized spacial score (nSPS) is 16.7. The fourth-order valence-electron chi connectivity index (χ4n) is 4.09. The number of hydrogen-bond acceptors (Lipinski definition) is 2. The number of anilines is 2. The molecule has 0 aromatic heterocycles. The molecule has 0 bridgehead atoms. The summed E-state index contributed by atoms with van der Waals surface area (Å²) < 4.78 is 0. The van der Waals surface area contributed by atoms with Crippen LogP contribution in [0.5, 0.6) is 0 Å². The van der Waals surface area contributed by atoms with Crippen molar-refractivity contribution in [3.8, 4) is 0 Å². The van der Waals surface area contributed by atoms with E-state index in [1.54, 1.807) is 0 Å². The highest BCUT2D eigenvalue weighted by molar-refractivity contribution is 6.00.